The van der Waals surface area contributed by atoms with Crippen LogP contribution in [-0.2, 0) is 16.0 Å². The average Bonchev–Trinajstić information content (AvgIpc) is 3.93. The molecule has 0 saturated carbocycles. The van der Waals surface area contributed by atoms with Crippen molar-refractivity contribution in [2.45, 2.75) is 69.3 Å². The van der Waals surface area contributed by atoms with Gasteiger partial charge in [0.2, 0.25) is 6.35 Å². The standard InChI is InChI=1S/C37H46Cl2N8O4/c1-3-27(2)47-36(48)46(26-42-47)31-8-6-29(7-9-31)43-17-19-44(20-18-43)30-10-12-32(13-11-30)49-22-33-23-50-35(51-33)34-14-5-28(38)21-37(34,39)15-4-16-45-25-40-24-41-45/h5-14,21,24-27,33-36,48H,3-4,15-20,22-23H2,1-2H3/t27?,33-,34?,35?,36?,37?/m0/s1. The molecule has 0 spiro atoms. The molecule has 3 aromatic rings. The average molecular weight is 738 g/mol. The first-order valence-electron chi connectivity index (χ1n) is 17.8. The molecule has 12 nitrogen and oxygen atoms in total. The van der Waals surface area contributed by atoms with Gasteiger partial charge in [-0.05, 0) is 86.9 Å². The van der Waals surface area contributed by atoms with Crippen LogP contribution in [-0.4, -0.2) is 100 Å². The lowest BCUT2D eigenvalue weighted by atomic mass is 9.83. The highest BCUT2D eigenvalue weighted by Crippen LogP contribution is 2.43. The third-order valence-electron chi connectivity index (χ3n) is 10.1. The quantitative estimate of drug-likeness (QED) is 0.222. The van der Waals surface area contributed by atoms with E-state index in [0.29, 0.717) is 31.2 Å². The van der Waals surface area contributed by atoms with E-state index in [2.05, 4.69) is 63.1 Å². The Morgan fingerprint density at radius 3 is 2.37 bits per heavy atom. The topological polar surface area (TPSA) is 104 Å². The Hall–Kier alpha value is -3.81. The maximum Gasteiger partial charge on any atom is 0.228 e. The summed E-state index contributed by atoms with van der Waals surface area (Å²) in [6.45, 7) is 9.32. The lowest BCUT2D eigenvalue weighted by Gasteiger charge is -2.37. The van der Waals surface area contributed by atoms with Crippen molar-refractivity contribution >= 4 is 46.6 Å². The number of hydrogen-bond acceptors (Lipinski definition) is 11. The van der Waals surface area contributed by atoms with Crippen molar-refractivity contribution in [1.29, 1.82) is 0 Å². The minimum atomic E-state index is -0.786. The molecule has 272 valence electrons. The minimum Gasteiger partial charge on any atom is -0.491 e. The SMILES string of the molecule is CCC(C)N1N=CN(c2ccc(N3CCN(c4ccc(OC[C@H]5COC(C6C=CC(Cl)=CC6(Cl)CCCn6cncn6)O5)cc4)CC3)cc2)C1O. The number of anilines is 3. The summed E-state index contributed by atoms with van der Waals surface area (Å²) in [4.78, 5) is 9.87. The van der Waals surface area contributed by atoms with Crippen LogP contribution < -0.4 is 19.4 Å². The van der Waals surface area contributed by atoms with Gasteiger partial charge >= 0.3 is 0 Å². The summed E-state index contributed by atoms with van der Waals surface area (Å²) in [5, 5.41) is 21.7. The Morgan fingerprint density at radius 1 is 1.02 bits per heavy atom. The fourth-order valence-electron chi connectivity index (χ4n) is 6.98. The molecular formula is C37H46Cl2N8O4. The number of aliphatic hydroxyl groups is 1. The van der Waals surface area contributed by atoms with E-state index in [1.165, 1.54) is 17.7 Å². The maximum absolute atomic E-state index is 10.8. The van der Waals surface area contributed by atoms with Gasteiger partial charge in [0, 0.05) is 60.9 Å². The molecule has 1 N–H and O–H groups in total. The third kappa shape index (κ3) is 8.15. The largest absolute Gasteiger partial charge is 0.491 e. The second kappa shape index (κ2) is 15.8. The lowest BCUT2D eigenvalue weighted by Crippen LogP contribution is -2.46. The number of aromatic nitrogens is 3. The van der Waals surface area contributed by atoms with Crippen molar-refractivity contribution in [3.8, 4) is 5.75 Å². The third-order valence-corrected chi connectivity index (χ3v) is 10.9. The Labute approximate surface area is 309 Å². The zero-order chi connectivity index (χ0) is 35.4. The summed E-state index contributed by atoms with van der Waals surface area (Å²) in [5.41, 5.74) is 3.26. The molecule has 5 unspecified atom stereocenters. The summed E-state index contributed by atoms with van der Waals surface area (Å²) in [7, 11) is 0. The van der Waals surface area contributed by atoms with Gasteiger partial charge < -0.3 is 29.1 Å². The summed E-state index contributed by atoms with van der Waals surface area (Å²) in [6, 6.07) is 16.8. The van der Waals surface area contributed by atoms with Crippen LogP contribution in [0.2, 0.25) is 0 Å². The molecule has 2 fully saturated rings. The van der Waals surface area contributed by atoms with Gasteiger partial charge in [-0.1, -0.05) is 24.6 Å². The number of rotatable bonds is 13. The van der Waals surface area contributed by atoms with Crippen molar-refractivity contribution in [1.82, 2.24) is 19.8 Å². The van der Waals surface area contributed by atoms with E-state index in [4.69, 9.17) is 37.4 Å². The number of ether oxygens (including phenoxy) is 3. The van der Waals surface area contributed by atoms with E-state index in [0.717, 1.165) is 50.5 Å². The maximum atomic E-state index is 10.8. The molecule has 0 bridgehead atoms. The predicted molar refractivity (Wildman–Crippen MR) is 200 cm³/mol. The molecular weight excluding hydrogens is 691 g/mol. The second-order valence-corrected chi connectivity index (χ2v) is 14.6. The van der Waals surface area contributed by atoms with E-state index >= 15 is 0 Å². The number of aryl methyl sites for hydroxylation is 1. The molecule has 1 aromatic heterocycles. The van der Waals surface area contributed by atoms with Crippen LogP contribution in [0.5, 0.6) is 5.75 Å². The van der Waals surface area contributed by atoms with Crippen LogP contribution in [0.1, 0.15) is 33.1 Å². The molecule has 3 aliphatic heterocycles. The van der Waals surface area contributed by atoms with Crippen LogP contribution in [0.25, 0.3) is 0 Å². The van der Waals surface area contributed by atoms with E-state index in [-0.39, 0.29) is 18.1 Å². The van der Waals surface area contributed by atoms with Gasteiger partial charge in [0.25, 0.3) is 0 Å². The Kier molecular flexibility index (Phi) is 11.0. The highest BCUT2D eigenvalue weighted by atomic mass is 35.5. The first-order valence-corrected chi connectivity index (χ1v) is 18.5. The van der Waals surface area contributed by atoms with Crippen LogP contribution >= 0.6 is 23.2 Å². The highest BCUT2D eigenvalue weighted by Gasteiger charge is 2.44. The molecule has 2 aromatic carbocycles. The number of piperazine rings is 1. The second-order valence-electron chi connectivity index (χ2n) is 13.5. The molecule has 7 rings (SSSR count). The molecule has 1 aliphatic carbocycles. The summed E-state index contributed by atoms with van der Waals surface area (Å²) < 4.78 is 20.3. The van der Waals surface area contributed by atoms with Crippen molar-refractivity contribution in [2.75, 3.05) is 54.1 Å². The number of nitrogens with zero attached hydrogens (tertiary/aromatic N) is 8. The van der Waals surface area contributed by atoms with E-state index in [1.807, 2.05) is 42.5 Å². The number of hydrogen-bond donors (Lipinski definition) is 1. The summed E-state index contributed by atoms with van der Waals surface area (Å²) in [5.74, 6) is 0.596. The van der Waals surface area contributed by atoms with E-state index < -0.39 is 17.5 Å². The van der Waals surface area contributed by atoms with E-state index in [1.54, 1.807) is 27.3 Å². The van der Waals surface area contributed by atoms with E-state index in [9.17, 15) is 5.11 Å². The van der Waals surface area contributed by atoms with Crippen LogP contribution in [0.4, 0.5) is 17.1 Å². The zero-order valence-electron chi connectivity index (χ0n) is 29.0. The number of allylic oxidation sites excluding steroid dienone is 3. The first-order chi connectivity index (χ1) is 24.8. The minimum absolute atomic E-state index is 0.167. The van der Waals surface area contributed by atoms with Gasteiger partial charge in [0.05, 0.1) is 17.4 Å². The van der Waals surface area contributed by atoms with Gasteiger partial charge in [0.1, 0.15) is 37.5 Å². The van der Waals surface area contributed by atoms with Gasteiger partial charge in [-0.15, -0.1) is 11.6 Å². The zero-order valence-corrected chi connectivity index (χ0v) is 30.6. The highest BCUT2D eigenvalue weighted by molar-refractivity contribution is 6.33. The molecule has 4 aliphatic rings. The molecule has 14 heteroatoms. The molecule has 6 atom stereocenters. The Balaban J connectivity index is 0.856. The van der Waals surface area contributed by atoms with Gasteiger partial charge in [-0.3, -0.25) is 9.58 Å². The van der Waals surface area contributed by atoms with Crippen molar-refractivity contribution in [3.05, 3.63) is 84.4 Å². The number of aliphatic hydroxyl groups excluding tert-OH is 1. The Morgan fingerprint density at radius 2 is 1.71 bits per heavy atom. The fraction of sp³-hybridized carbons (Fsp3) is 0.486. The number of hydrazone groups is 1. The Bertz CT molecular complexity index is 1670. The van der Waals surface area contributed by atoms with Crippen LogP contribution in [0.3, 0.4) is 0 Å². The predicted octanol–water partition coefficient (Wildman–Crippen LogP) is 5.63. The normalized spacial score (nSPS) is 27.0. The molecule has 4 heterocycles. The molecule has 2 saturated heterocycles. The van der Waals surface area contributed by atoms with Crippen molar-refractivity contribution in [3.63, 3.8) is 0 Å². The van der Waals surface area contributed by atoms with Crippen LogP contribution in [0, 0.1) is 5.92 Å². The fourth-order valence-corrected chi connectivity index (χ4v) is 7.73. The number of halogens is 2. The van der Waals surface area contributed by atoms with Crippen LogP contribution in [0.15, 0.2) is 89.5 Å². The summed E-state index contributed by atoms with van der Waals surface area (Å²) >= 11 is 13.5. The lowest BCUT2D eigenvalue weighted by molar-refractivity contribution is -0.0952. The summed E-state index contributed by atoms with van der Waals surface area (Å²) in [6.07, 6.45) is 11.6. The molecule has 51 heavy (non-hydrogen) atoms. The first kappa shape index (κ1) is 35.6. The monoisotopic (exact) mass is 736 g/mol. The van der Waals surface area contributed by atoms with Gasteiger partial charge in [0.15, 0.2) is 6.29 Å². The smallest absolute Gasteiger partial charge is 0.228 e. The van der Waals surface area contributed by atoms with Crippen molar-refractivity contribution < 1.29 is 19.3 Å². The number of alkyl halides is 1. The molecule has 0 radical (unpaired) electrons. The van der Waals surface area contributed by atoms with Crippen molar-refractivity contribution in [2.24, 2.45) is 11.0 Å². The van der Waals surface area contributed by atoms with Gasteiger partial charge in [-0.25, -0.2) is 9.99 Å². The van der Waals surface area contributed by atoms with Gasteiger partial charge in [-0.2, -0.15) is 10.2 Å². The molecule has 0 amide bonds. The number of benzene rings is 2.